The van der Waals surface area contributed by atoms with Gasteiger partial charge in [-0.2, -0.15) is 0 Å². The first-order valence-corrected chi connectivity index (χ1v) is 4.44. The average molecular weight is 209 g/mol. The van der Waals surface area contributed by atoms with Crippen LogP contribution in [0.2, 0.25) is 0 Å². The molecule has 0 aromatic rings. The molecule has 0 aliphatic carbocycles. The van der Waals surface area contributed by atoms with Crippen molar-refractivity contribution in [2.75, 3.05) is 0 Å². The minimum absolute atomic E-state index is 0.180. The molecule has 82 valence electrons. The molecule has 0 aliphatic heterocycles. The van der Waals surface area contributed by atoms with E-state index in [0.29, 0.717) is 5.57 Å². The van der Waals surface area contributed by atoms with Crippen molar-refractivity contribution in [2.45, 2.75) is 19.4 Å². The van der Waals surface area contributed by atoms with Crippen molar-refractivity contribution in [2.24, 2.45) is 0 Å². The summed E-state index contributed by atoms with van der Waals surface area (Å²) in [6.07, 6.45) is 5.07. The minimum atomic E-state index is -1.07. The van der Waals surface area contributed by atoms with E-state index in [1.807, 2.05) is 0 Å². The Morgan fingerprint density at radius 1 is 1.53 bits per heavy atom. The first kappa shape index (κ1) is 13.2. The van der Waals surface area contributed by atoms with Gasteiger partial charge in [-0.3, -0.25) is 4.79 Å². The Bertz CT molecular complexity index is 305. The maximum atomic E-state index is 10.7. The Kier molecular flexibility index (Phi) is 5.78. The molecule has 2 N–H and O–H groups in total. The molecule has 0 rings (SSSR count). The second-order valence-electron chi connectivity index (χ2n) is 3.05. The summed E-state index contributed by atoms with van der Waals surface area (Å²) in [6, 6.07) is -0.926. The highest BCUT2D eigenvalue weighted by atomic mass is 16.4. The molecular weight excluding hydrogens is 194 g/mol. The smallest absolute Gasteiger partial charge is 0.326 e. The van der Waals surface area contributed by atoms with E-state index in [2.05, 4.69) is 18.5 Å². The fourth-order valence-corrected chi connectivity index (χ4v) is 0.980. The lowest BCUT2D eigenvalue weighted by molar-refractivity contribution is -0.141. The van der Waals surface area contributed by atoms with E-state index in [4.69, 9.17) is 5.11 Å². The lowest BCUT2D eigenvalue weighted by Gasteiger charge is -2.12. The van der Waals surface area contributed by atoms with Crippen LogP contribution in [0.3, 0.4) is 0 Å². The maximum Gasteiger partial charge on any atom is 0.326 e. The number of rotatable bonds is 6. The van der Waals surface area contributed by atoms with Gasteiger partial charge in [0.1, 0.15) is 6.04 Å². The van der Waals surface area contributed by atoms with Crippen LogP contribution < -0.4 is 5.32 Å². The van der Waals surface area contributed by atoms with Gasteiger partial charge in [0.05, 0.1) is 0 Å². The largest absolute Gasteiger partial charge is 0.480 e. The van der Waals surface area contributed by atoms with Crippen LogP contribution in [-0.2, 0) is 9.59 Å². The molecule has 0 fully saturated rings. The highest BCUT2D eigenvalue weighted by molar-refractivity contribution is 5.82. The normalized spacial score (nSPS) is 12.1. The Morgan fingerprint density at radius 2 is 2.13 bits per heavy atom. The van der Waals surface area contributed by atoms with E-state index in [0.717, 1.165) is 0 Å². The number of allylic oxidation sites excluding steroid dienone is 3. The molecule has 0 heterocycles. The van der Waals surface area contributed by atoms with Crippen LogP contribution in [0.25, 0.3) is 0 Å². The van der Waals surface area contributed by atoms with Crippen molar-refractivity contribution in [3.63, 3.8) is 0 Å². The van der Waals surface area contributed by atoms with Crippen LogP contribution >= 0.6 is 0 Å². The van der Waals surface area contributed by atoms with E-state index in [1.54, 1.807) is 18.2 Å². The molecule has 0 radical (unpaired) electrons. The summed E-state index contributed by atoms with van der Waals surface area (Å²) in [5, 5.41) is 11.1. The summed E-state index contributed by atoms with van der Waals surface area (Å²) < 4.78 is 0. The number of carbonyl (C=O) groups is 2. The van der Waals surface area contributed by atoms with Gasteiger partial charge in [-0.15, -0.1) is 0 Å². The molecule has 0 spiro atoms. The summed E-state index contributed by atoms with van der Waals surface area (Å²) in [6.45, 7) is 8.43. The van der Waals surface area contributed by atoms with Crippen LogP contribution in [0.1, 0.15) is 13.3 Å². The summed E-state index contributed by atoms with van der Waals surface area (Å²) >= 11 is 0. The van der Waals surface area contributed by atoms with Gasteiger partial charge in [0, 0.05) is 13.3 Å². The van der Waals surface area contributed by atoms with Crippen molar-refractivity contribution < 1.29 is 14.7 Å². The molecule has 0 saturated carbocycles. The van der Waals surface area contributed by atoms with E-state index < -0.39 is 12.0 Å². The van der Waals surface area contributed by atoms with Gasteiger partial charge in [0.25, 0.3) is 0 Å². The number of aliphatic carboxylic acids is 1. The molecule has 1 atom stereocenters. The van der Waals surface area contributed by atoms with E-state index >= 15 is 0 Å². The number of hydrogen-bond donors (Lipinski definition) is 2. The quantitative estimate of drug-likeness (QED) is 0.647. The lowest BCUT2D eigenvalue weighted by Crippen LogP contribution is -2.39. The second-order valence-corrected chi connectivity index (χ2v) is 3.05. The van der Waals surface area contributed by atoms with Crippen LogP contribution in [0, 0.1) is 0 Å². The predicted octanol–water partition coefficient (Wildman–Crippen LogP) is 1.26. The molecule has 4 heteroatoms. The lowest BCUT2D eigenvalue weighted by atomic mass is 10.1. The second kappa shape index (κ2) is 6.59. The minimum Gasteiger partial charge on any atom is -0.480 e. The van der Waals surface area contributed by atoms with Crippen molar-refractivity contribution in [1.82, 2.24) is 5.32 Å². The Labute approximate surface area is 89.0 Å². The SMILES string of the molecule is C=C/C=C\C(=C)CC(NC(C)=O)C(=O)O. The average Bonchev–Trinajstić information content (AvgIpc) is 2.12. The van der Waals surface area contributed by atoms with Crippen molar-refractivity contribution in [1.29, 1.82) is 0 Å². The van der Waals surface area contributed by atoms with Crippen molar-refractivity contribution in [3.05, 3.63) is 37.0 Å². The van der Waals surface area contributed by atoms with Gasteiger partial charge in [-0.1, -0.05) is 37.0 Å². The summed E-state index contributed by atoms with van der Waals surface area (Å²) in [5.41, 5.74) is 0.621. The molecule has 0 saturated heterocycles. The van der Waals surface area contributed by atoms with Crippen LogP contribution in [0.4, 0.5) is 0 Å². The van der Waals surface area contributed by atoms with Crippen LogP contribution in [0.15, 0.2) is 37.0 Å². The Morgan fingerprint density at radius 3 is 2.53 bits per heavy atom. The van der Waals surface area contributed by atoms with E-state index in [9.17, 15) is 9.59 Å². The molecule has 0 aromatic carbocycles. The molecule has 1 amide bonds. The van der Waals surface area contributed by atoms with Crippen LogP contribution in [-0.4, -0.2) is 23.0 Å². The van der Waals surface area contributed by atoms with Gasteiger partial charge >= 0.3 is 5.97 Å². The Balaban J connectivity index is 4.34. The molecule has 4 nitrogen and oxygen atoms in total. The van der Waals surface area contributed by atoms with Gasteiger partial charge in [0.2, 0.25) is 5.91 Å². The highest BCUT2D eigenvalue weighted by Gasteiger charge is 2.18. The third-order valence-electron chi connectivity index (χ3n) is 1.61. The number of carboxylic acids is 1. The zero-order chi connectivity index (χ0) is 11.8. The summed E-state index contributed by atoms with van der Waals surface area (Å²) in [7, 11) is 0. The number of nitrogens with one attached hydrogen (secondary N) is 1. The standard InChI is InChI=1S/C11H15NO3/c1-4-5-6-8(2)7-10(11(14)15)12-9(3)13/h4-6,10H,1-2,7H2,3H3,(H,12,13)(H,14,15)/b6-5-. The fourth-order valence-electron chi connectivity index (χ4n) is 0.980. The van der Waals surface area contributed by atoms with Crippen molar-refractivity contribution >= 4 is 11.9 Å². The number of hydrogen-bond acceptors (Lipinski definition) is 2. The maximum absolute atomic E-state index is 10.7. The molecule has 0 aromatic heterocycles. The Hall–Kier alpha value is -1.84. The number of amides is 1. The first-order chi connectivity index (χ1) is 6.97. The predicted molar refractivity (Wildman–Crippen MR) is 58.3 cm³/mol. The molecule has 0 bridgehead atoms. The monoisotopic (exact) mass is 209 g/mol. The number of carboxylic acid groups (broad SMARTS) is 1. The topological polar surface area (TPSA) is 66.4 Å². The third kappa shape index (κ3) is 6.26. The van der Waals surface area contributed by atoms with Crippen LogP contribution in [0.5, 0.6) is 0 Å². The molecule has 15 heavy (non-hydrogen) atoms. The molecule has 0 aliphatic rings. The third-order valence-corrected chi connectivity index (χ3v) is 1.61. The summed E-state index contributed by atoms with van der Waals surface area (Å²) in [4.78, 5) is 21.5. The molecule has 1 unspecified atom stereocenters. The van der Waals surface area contributed by atoms with E-state index in [-0.39, 0.29) is 12.3 Å². The summed E-state index contributed by atoms with van der Waals surface area (Å²) in [5.74, 6) is -1.44. The van der Waals surface area contributed by atoms with Gasteiger partial charge in [-0.05, 0) is 0 Å². The van der Waals surface area contributed by atoms with Gasteiger partial charge < -0.3 is 10.4 Å². The first-order valence-electron chi connectivity index (χ1n) is 4.44. The number of carbonyl (C=O) groups excluding carboxylic acids is 1. The van der Waals surface area contributed by atoms with E-state index in [1.165, 1.54) is 6.92 Å². The highest BCUT2D eigenvalue weighted by Crippen LogP contribution is 2.05. The zero-order valence-electron chi connectivity index (χ0n) is 8.69. The van der Waals surface area contributed by atoms with Crippen molar-refractivity contribution in [3.8, 4) is 0 Å². The zero-order valence-corrected chi connectivity index (χ0v) is 8.69. The fraction of sp³-hybridized carbons (Fsp3) is 0.273. The molecular formula is C11H15NO3. The van der Waals surface area contributed by atoms with Gasteiger partial charge in [-0.25, -0.2) is 4.79 Å². The van der Waals surface area contributed by atoms with Gasteiger partial charge in [0.15, 0.2) is 0 Å².